The smallest absolute Gasteiger partial charge is 0.227 e. The normalized spacial score (nSPS) is 19.6. The van der Waals surface area contributed by atoms with Crippen molar-refractivity contribution in [2.45, 2.75) is 19.3 Å². The van der Waals surface area contributed by atoms with Crippen molar-refractivity contribution in [1.29, 1.82) is 0 Å². The summed E-state index contributed by atoms with van der Waals surface area (Å²) in [5.41, 5.74) is 1.02. The zero-order chi connectivity index (χ0) is 20.9. The highest BCUT2D eigenvalue weighted by Crippen LogP contribution is 2.22. The SMILES string of the molecule is O=C(Cc1ccccc1)N1CCCC(C(=O)N2CCN(c3ccc(Cl)cn3)CC2)C1. The monoisotopic (exact) mass is 426 g/mol. The quantitative estimate of drug-likeness (QED) is 0.754. The first-order valence-corrected chi connectivity index (χ1v) is 10.9. The van der Waals surface area contributed by atoms with Gasteiger partial charge in [0.2, 0.25) is 11.8 Å². The van der Waals surface area contributed by atoms with E-state index in [4.69, 9.17) is 11.6 Å². The highest BCUT2D eigenvalue weighted by atomic mass is 35.5. The van der Waals surface area contributed by atoms with Crippen LogP contribution in [0.15, 0.2) is 48.7 Å². The number of carbonyl (C=O) groups excluding carboxylic acids is 2. The molecule has 158 valence electrons. The second-order valence-electron chi connectivity index (χ2n) is 7.99. The number of halogens is 1. The molecule has 2 aromatic rings. The van der Waals surface area contributed by atoms with Crippen molar-refractivity contribution in [1.82, 2.24) is 14.8 Å². The largest absolute Gasteiger partial charge is 0.353 e. The number of hydrogen-bond donors (Lipinski definition) is 0. The van der Waals surface area contributed by atoms with E-state index in [0.29, 0.717) is 31.1 Å². The fourth-order valence-electron chi connectivity index (χ4n) is 4.26. The highest BCUT2D eigenvalue weighted by Gasteiger charge is 2.32. The molecule has 1 atom stereocenters. The van der Waals surface area contributed by atoms with E-state index in [1.54, 1.807) is 6.20 Å². The van der Waals surface area contributed by atoms with Crippen LogP contribution in [0, 0.1) is 5.92 Å². The number of benzene rings is 1. The van der Waals surface area contributed by atoms with E-state index in [2.05, 4.69) is 9.88 Å². The molecule has 7 heteroatoms. The molecule has 0 aliphatic carbocycles. The van der Waals surface area contributed by atoms with Crippen molar-refractivity contribution in [3.63, 3.8) is 0 Å². The first-order valence-electron chi connectivity index (χ1n) is 10.6. The fourth-order valence-corrected chi connectivity index (χ4v) is 4.37. The summed E-state index contributed by atoms with van der Waals surface area (Å²) in [5.74, 6) is 1.08. The zero-order valence-corrected chi connectivity index (χ0v) is 17.8. The molecule has 2 amide bonds. The van der Waals surface area contributed by atoms with Crippen molar-refractivity contribution < 1.29 is 9.59 Å². The first-order chi connectivity index (χ1) is 14.6. The molecule has 2 aliphatic heterocycles. The maximum Gasteiger partial charge on any atom is 0.227 e. The Labute approximate surface area is 182 Å². The number of anilines is 1. The van der Waals surface area contributed by atoms with Crippen LogP contribution < -0.4 is 4.90 Å². The summed E-state index contributed by atoms with van der Waals surface area (Å²) < 4.78 is 0. The van der Waals surface area contributed by atoms with E-state index in [9.17, 15) is 9.59 Å². The van der Waals surface area contributed by atoms with Gasteiger partial charge in [0.1, 0.15) is 5.82 Å². The van der Waals surface area contributed by atoms with E-state index in [0.717, 1.165) is 43.9 Å². The number of pyridine rings is 1. The molecule has 2 saturated heterocycles. The minimum Gasteiger partial charge on any atom is -0.353 e. The third-order valence-corrected chi connectivity index (χ3v) is 6.17. The number of hydrogen-bond acceptors (Lipinski definition) is 4. The van der Waals surface area contributed by atoms with Gasteiger partial charge in [0, 0.05) is 45.5 Å². The molecule has 0 spiro atoms. The number of carbonyl (C=O) groups is 2. The van der Waals surface area contributed by atoms with Crippen molar-refractivity contribution in [2.75, 3.05) is 44.2 Å². The van der Waals surface area contributed by atoms with Crippen molar-refractivity contribution in [3.05, 3.63) is 59.2 Å². The molecule has 1 unspecified atom stereocenters. The molecule has 4 rings (SSSR count). The van der Waals surface area contributed by atoms with Crippen LogP contribution in [0.2, 0.25) is 5.02 Å². The molecule has 6 nitrogen and oxygen atoms in total. The van der Waals surface area contributed by atoms with Gasteiger partial charge in [-0.25, -0.2) is 4.98 Å². The third kappa shape index (κ3) is 4.93. The van der Waals surface area contributed by atoms with Gasteiger partial charge in [-0.3, -0.25) is 9.59 Å². The van der Waals surface area contributed by atoms with Crippen LogP contribution in [0.4, 0.5) is 5.82 Å². The Morgan fingerprint density at radius 3 is 2.43 bits per heavy atom. The van der Waals surface area contributed by atoms with Gasteiger partial charge >= 0.3 is 0 Å². The molecule has 0 bridgehead atoms. The van der Waals surface area contributed by atoms with Crippen LogP contribution in [-0.2, 0) is 16.0 Å². The number of piperidine rings is 1. The molecule has 1 aromatic heterocycles. The second-order valence-corrected chi connectivity index (χ2v) is 8.42. The maximum absolute atomic E-state index is 13.1. The molecule has 0 saturated carbocycles. The third-order valence-electron chi connectivity index (χ3n) is 5.95. The lowest BCUT2D eigenvalue weighted by Gasteiger charge is -2.39. The molecule has 0 radical (unpaired) electrons. The Kier molecular flexibility index (Phi) is 6.53. The predicted molar refractivity (Wildman–Crippen MR) is 117 cm³/mol. The van der Waals surface area contributed by atoms with Crippen molar-refractivity contribution in [2.24, 2.45) is 5.92 Å². The molecule has 2 fully saturated rings. The highest BCUT2D eigenvalue weighted by molar-refractivity contribution is 6.30. The van der Waals surface area contributed by atoms with E-state index in [1.807, 2.05) is 52.3 Å². The Morgan fingerprint density at radius 1 is 0.967 bits per heavy atom. The molecule has 1 aromatic carbocycles. The number of rotatable bonds is 4. The Hall–Kier alpha value is -2.60. The fraction of sp³-hybridized carbons (Fsp3) is 0.435. The summed E-state index contributed by atoms with van der Waals surface area (Å²) >= 11 is 5.92. The number of amides is 2. The van der Waals surface area contributed by atoms with E-state index >= 15 is 0 Å². The lowest BCUT2D eigenvalue weighted by Crippen LogP contribution is -2.53. The number of likely N-dealkylation sites (tertiary alicyclic amines) is 1. The average molecular weight is 427 g/mol. The van der Waals surface area contributed by atoms with Crippen molar-refractivity contribution >= 4 is 29.2 Å². The summed E-state index contributed by atoms with van der Waals surface area (Å²) in [6, 6.07) is 13.5. The van der Waals surface area contributed by atoms with Gasteiger partial charge < -0.3 is 14.7 Å². The van der Waals surface area contributed by atoms with Gasteiger partial charge in [-0.05, 0) is 30.5 Å². The van der Waals surface area contributed by atoms with Crippen LogP contribution in [-0.4, -0.2) is 65.9 Å². The number of nitrogens with zero attached hydrogens (tertiary/aromatic N) is 4. The zero-order valence-electron chi connectivity index (χ0n) is 17.0. The number of aromatic nitrogens is 1. The Balaban J connectivity index is 1.30. The Bertz CT molecular complexity index is 867. The van der Waals surface area contributed by atoms with E-state index in [-0.39, 0.29) is 17.7 Å². The molecule has 2 aliphatic rings. The van der Waals surface area contributed by atoms with Crippen LogP contribution >= 0.6 is 11.6 Å². The van der Waals surface area contributed by atoms with Crippen molar-refractivity contribution in [3.8, 4) is 0 Å². The first kappa shape index (κ1) is 20.7. The van der Waals surface area contributed by atoms with Gasteiger partial charge in [-0.15, -0.1) is 0 Å². The summed E-state index contributed by atoms with van der Waals surface area (Å²) in [5, 5.41) is 0.622. The maximum atomic E-state index is 13.1. The predicted octanol–water partition coefficient (Wildman–Crippen LogP) is 2.86. The van der Waals surface area contributed by atoms with Crippen LogP contribution in [0.25, 0.3) is 0 Å². The standard InChI is InChI=1S/C23H27ClN4O2/c24-20-8-9-21(25-16-20)26-11-13-27(14-12-26)23(30)19-7-4-10-28(17-19)22(29)15-18-5-2-1-3-6-18/h1-3,5-6,8-9,16,19H,4,7,10-15,17H2. The van der Waals surface area contributed by atoms with Crippen LogP contribution in [0.5, 0.6) is 0 Å². The van der Waals surface area contributed by atoms with Crippen LogP contribution in [0.1, 0.15) is 18.4 Å². The van der Waals surface area contributed by atoms with E-state index < -0.39 is 0 Å². The van der Waals surface area contributed by atoms with Crippen LogP contribution in [0.3, 0.4) is 0 Å². The molecular formula is C23H27ClN4O2. The van der Waals surface area contributed by atoms with Gasteiger partial charge in [-0.1, -0.05) is 41.9 Å². The van der Waals surface area contributed by atoms with Gasteiger partial charge in [0.25, 0.3) is 0 Å². The topological polar surface area (TPSA) is 56.8 Å². The summed E-state index contributed by atoms with van der Waals surface area (Å²) in [4.78, 5) is 36.2. The second kappa shape index (κ2) is 9.47. The van der Waals surface area contributed by atoms with E-state index in [1.165, 1.54) is 0 Å². The minimum atomic E-state index is -0.0984. The van der Waals surface area contributed by atoms with Gasteiger partial charge in [0.05, 0.1) is 17.4 Å². The molecule has 0 N–H and O–H groups in total. The Morgan fingerprint density at radius 2 is 1.73 bits per heavy atom. The summed E-state index contributed by atoms with van der Waals surface area (Å²) in [6.07, 6.45) is 3.78. The summed E-state index contributed by atoms with van der Waals surface area (Å²) in [6.45, 7) is 4.14. The lowest BCUT2D eigenvalue weighted by atomic mass is 9.95. The minimum absolute atomic E-state index is 0.0984. The molecular weight excluding hydrogens is 400 g/mol. The lowest BCUT2D eigenvalue weighted by molar-refractivity contribution is -0.140. The number of piperazine rings is 1. The summed E-state index contributed by atoms with van der Waals surface area (Å²) in [7, 11) is 0. The molecule has 3 heterocycles. The van der Waals surface area contributed by atoms with Gasteiger partial charge in [-0.2, -0.15) is 0 Å². The average Bonchev–Trinajstić information content (AvgIpc) is 2.80. The molecule has 30 heavy (non-hydrogen) atoms. The van der Waals surface area contributed by atoms with Gasteiger partial charge in [0.15, 0.2) is 0 Å².